The van der Waals surface area contributed by atoms with Crippen molar-refractivity contribution in [2.24, 2.45) is 4.99 Å². The van der Waals surface area contributed by atoms with Crippen molar-refractivity contribution >= 4 is 41.5 Å². The van der Waals surface area contributed by atoms with E-state index in [1.807, 2.05) is 31.3 Å². The van der Waals surface area contributed by atoms with Crippen molar-refractivity contribution in [2.75, 3.05) is 39.1 Å². The number of halogens is 1. The molecule has 0 aromatic heterocycles. The number of aliphatic imine (C=N–C) groups is 1. The van der Waals surface area contributed by atoms with Crippen LogP contribution in [0.3, 0.4) is 0 Å². The van der Waals surface area contributed by atoms with Crippen molar-refractivity contribution in [2.45, 2.75) is 19.8 Å². The van der Waals surface area contributed by atoms with E-state index in [2.05, 4.69) is 27.1 Å². The van der Waals surface area contributed by atoms with Gasteiger partial charge in [-0.1, -0.05) is 12.1 Å². The van der Waals surface area contributed by atoms with Crippen LogP contribution in [-0.4, -0.2) is 50.6 Å². The summed E-state index contributed by atoms with van der Waals surface area (Å²) in [6, 6.07) is 7.34. The van der Waals surface area contributed by atoms with Crippen molar-refractivity contribution in [3.63, 3.8) is 0 Å². The molecule has 2 N–H and O–H groups in total. The quantitative estimate of drug-likeness (QED) is 0.196. The molecular weight excluding hydrogens is 431 g/mol. The molecule has 0 aliphatic rings. The number of benzene rings is 1. The Balaban J connectivity index is 0.00000576. The number of hydrogen-bond acceptors (Lipinski definition) is 3. The van der Waals surface area contributed by atoms with Gasteiger partial charge in [-0.15, -0.1) is 30.6 Å². The summed E-state index contributed by atoms with van der Waals surface area (Å²) < 4.78 is 5.70. The van der Waals surface area contributed by atoms with Crippen LogP contribution in [0.5, 0.6) is 5.75 Å². The number of amides is 1. The van der Waals surface area contributed by atoms with Gasteiger partial charge in [0, 0.05) is 39.3 Å². The molecule has 0 saturated heterocycles. The molecule has 140 valence electrons. The summed E-state index contributed by atoms with van der Waals surface area (Å²) in [4.78, 5) is 17.4. The molecule has 1 aromatic carbocycles. The molecule has 0 fully saturated rings. The molecule has 0 unspecified atom stereocenters. The van der Waals surface area contributed by atoms with Crippen LogP contribution in [0.25, 0.3) is 0 Å². The zero-order valence-electron chi connectivity index (χ0n) is 15.2. The molecule has 0 aliphatic heterocycles. The van der Waals surface area contributed by atoms with Crippen molar-refractivity contribution < 1.29 is 9.53 Å². The highest BCUT2D eigenvalue weighted by molar-refractivity contribution is 14.0. The Morgan fingerprint density at radius 1 is 1.44 bits per heavy atom. The Hall–Kier alpha value is -1.77. The van der Waals surface area contributed by atoms with Crippen LogP contribution >= 0.6 is 24.0 Å². The third kappa shape index (κ3) is 9.96. The maximum absolute atomic E-state index is 11.1. The van der Waals surface area contributed by atoms with E-state index < -0.39 is 0 Å². The number of allylic oxidation sites excluding steroid dienone is 1. The topological polar surface area (TPSA) is 66.0 Å². The molecule has 0 radical (unpaired) electrons. The predicted octanol–water partition coefficient (Wildman–Crippen LogP) is 3.12. The number of ether oxygens (including phenoxy) is 1. The van der Waals surface area contributed by atoms with Gasteiger partial charge in [-0.05, 0) is 25.0 Å². The third-order valence-electron chi connectivity index (χ3n) is 3.28. The van der Waals surface area contributed by atoms with Gasteiger partial charge in [0.15, 0.2) is 5.96 Å². The minimum absolute atomic E-state index is 0. The fourth-order valence-electron chi connectivity index (χ4n) is 2.16. The highest BCUT2D eigenvalue weighted by Crippen LogP contribution is 2.16. The summed E-state index contributed by atoms with van der Waals surface area (Å²) in [5.74, 6) is 1.46. The molecule has 1 amide bonds. The maximum Gasteiger partial charge on any atom is 0.221 e. The van der Waals surface area contributed by atoms with Crippen molar-refractivity contribution in [1.29, 1.82) is 0 Å². The summed E-state index contributed by atoms with van der Waals surface area (Å²) >= 11 is 0. The van der Waals surface area contributed by atoms with E-state index >= 15 is 0 Å². The average molecular weight is 460 g/mol. The van der Waals surface area contributed by atoms with Gasteiger partial charge >= 0.3 is 0 Å². The lowest BCUT2D eigenvalue weighted by Crippen LogP contribution is -2.41. The second kappa shape index (κ2) is 13.5. The van der Waals surface area contributed by atoms with Gasteiger partial charge in [0.1, 0.15) is 12.4 Å². The Morgan fingerprint density at radius 3 is 2.84 bits per heavy atom. The average Bonchev–Trinajstić information content (AvgIpc) is 2.55. The minimum Gasteiger partial charge on any atom is -0.492 e. The largest absolute Gasteiger partial charge is 0.492 e. The number of guanidine groups is 1. The fourth-order valence-corrected chi connectivity index (χ4v) is 2.16. The van der Waals surface area contributed by atoms with E-state index in [1.54, 1.807) is 13.1 Å². The van der Waals surface area contributed by atoms with Gasteiger partial charge in [-0.3, -0.25) is 9.79 Å². The van der Waals surface area contributed by atoms with E-state index in [0.717, 1.165) is 36.8 Å². The Kier molecular flexibility index (Phi) is 12.6. The van der Waals surface area contributed by atoms with Crippen molar-refractivity contribution in [3.8, 4) is 5.75 Å². The monoisotopic (exact) mass is 460 g/mol. The van der Waals surface area contributed by atoms with Crippen LogP contribution in [0.1, 0.15) is 19.8 Å². The number of carbonyl (C=O) groups is 1. The molecule has 0 saturated carbocycles. The van der Waals surface area contributed by atoms with Crippen LogP contribution in [0.2, 0.25) is 0 Å². The van der Waals surface area contributed by atoms with Crippen LogP contribution in [-0.2, 0) is 4.79 Å². The van der Waals surface area contributed by atoms with Gasteiger partial charge in [0.25, 0.3) is 0 Å². The predicted molar refractivity (Wildman–Crippen MR) is 115 cm³/mol. The van der Waals surface area contributed by atoms with E-state index in [1.165, 1.54) is 6.92 Å². The fraction of sp³-hybridized carbons (Fsp3) is 0.444. The second-order valence-electron chi connectivity index (χ2n) is 5.38. The molecule has 0 atom stereocenters. The Morgan fingerprint density at radius 2 is 2.20 bits per heavy atom. The first-order chi connectivity index (χ1) is 11.6. The van der Waals surface area contributed by atoms with Crippen molar-refractivity contribution in [3.05, 3.63) is 36.9 Å². The van der Waals surface area contributed by atoms with Gasteiger partial charge in [-0.2, -0.15) is 0 Å². The van der Waals surface area contributed by atoms with Gasteiger partial charge < -0.3 is 20.3 Å². The SMILES string of the molecule is C=CCCCN(C)C(=NC)NCCOc1cccc(NC(C)=O)c1.I. The zero-order chi connectivity index (χ0) is 17.8. The third-order valence-corrected chi connectivity index (χ3v) is 3.28. The van der Waals surface area contributed by atoms with E-state index in [0.29, 0.717) is 13.2 Å². The summed E-state index contributed by atoms with van der Waals surface area (Å²) in [5, 5.41) is 6.00. The number of unbranched alkanes of at least 4 members (excludes halogenated alkanes) is 1. The van der Waals surface area contributed by atoms with Crippen LogP contribution in [0.4, 0.5) is 5.69 Å². The standard InChI is InChI=1S/C18H28N4O2.HI/c1-5-6-7-12-22(4)18(19-3)20-11-13-24-17-10-8-9-16(14-17)21-15(2)23;/h5,8-10,14H,1,6-7,11-13H2,2-4H3,(H,19,20)(H,21,23);1H. The van der Waals surface area contributed by atoms with E-state index in [9.17, 15) is 4.79 Å². The van der Waals surface area contributed by atoms with E-state index in [4.69, 9.17) is 4.74 Å². The lowest BCUT2D eigenvalue weighted by atomic mass is 10.3. The number of hydrogen-bond donors (Lipinski definition) is 2. The van der Waals surface area contributed by atoms with Crippen molar-refractivity contribution in [1.82, 2.24) is 10.2 Å². The van der Waals surface area contributed by atoms with Crippen LogP contribution in [0, 0.1) is 0 Å². The lowest BCUT2D eigenvalue weighted by Gasteiger charge is -2.21. The first kappa shape index (κ1) is 23.2. The lowest BCUT2D eigenvalue weighted by molar-refractivity contribution is -0.114. The number of carbonyl (C=O) groups excluding carboxylic acids is 1. The Labute approximate surface area is 167 Å². The summed E-state index contributed by atoms with van der Waals surface area (Å²) in [6.45, 7) is 7.28. The molecule has 0 heterocycles. The molecular formula is C18H29IN4O2. The maximum atomic E-state index is 11.1. The molecule has 0 spiro atoms. The Bertz CT molecular complexity index is 564. The number of nitrogens with zero attached hydrogens (tertiary/aromatic N) is 2. The summed E-state index contributed by atoms with van der Waals surface area (Å²) in [5.41, 5.74) is 0.728. The molecule has 6 nitrogen and oxygen atoms in total. The summed E-state index contributed by atoms with van der Waals surface area (Å²) in [7, 11) is 3.78. The first-order valence-corrected chi connectivity index (χ1v) is 8.10. The number of nitrogens with one attached hydrogen (secondary N) is 2. The molecule has 1 aromatic rings. The zero-order valence-corrected chi connectivity index (χ0v) is 17.6. The van der Waals surface area contributed by atoms with Gasteiger partial charge in [-0.25, -0.2) is 0 Å². The molecule has 25 heavy (non-hydrogen) atoms. The van der Waals surface area contributed by atoms with Crippen LogP contribution < -0.4 is 15.4 Å². The van der Waals surface area contributed by atoms with Gasteiger partial charge in [0.2, 0.25) is 5.91 Å². The molecule has 0 aliphatic carbocycles. The highest BCUT2D eigenvalue weighted by Gasteiger charge is 2.04. The smallest absolute Gasteiger partial charge is 0.221 e. The summed E-state index contributed by atoms with van der Waals surface area (Å²) in [6.07, 6.45) is 3.97. The van der Waals surface area contributed by atoms with Crippen LogP contribution in [0.15, 0.2) is 41.9 Å². The molecule has 1 rings (SSSR count). The second-order valence-corrected chi connectivity index (χ2v) is 5.38. The normalized spacial score (nSPS) is 10.4. The van der Waals surface area contributed by atoms with Gasteiger partial charge in [0.05, 0.1) is 6.54 Å². The molecule has 0 bridgehead atoms. The minimum atomic E-state index is -0.0999. The number of anilines is 1. The highest BCUT2D eigenvalue weighted by atomic mass is 127. The van der Waals surface area contributed by atoms with E-state index in [-0.39, 0.29) is 29.9 Å². The number of rotatable bonds is 9. The first-order valence-electron chi connectivity index (χ1n) is 8.10. The molecule has 7 heteroatoms.